The SMILES string of the molecule is CC(O)CN(C)C(=O)C(C)(C)O. The van der Waals surface area contributed by atoms with E-state index in [1.807, 2.05) is 0 Å². The lowest BCUT2D eigenvalue weighted by molar-refractivity contribution is -0.147. The van der Waals surface area contributed by atoms with Crippen LogP contribution in [0.25, 0.3) is 0 Å². The zero-order valence-electron chi connectivity index (χ0n) is 8.03. The fraction of sp³-hybridized carbons (Fsp3) is 0.875. The summed E-state index contributed by atoms with van der Waals surface area (Å²) in [6, 6.07) is 0. The first-order valence-electron chi connectivity index (χ1n) is 3.91. The first-order chi connectivity index (χ1) is 5.25. The fourth-order valence-electron chi connectivity index (χ4n) is 0.946. The van der Waals surface area contributed by atoms with E-state index in [1.54, 1.807) is 14.0 Å². The van der Waals surface area contributed by atoms with Crippen molar-refractivity contribution in [3.63, 3.8) is 0 Å². The topological polar surface area (TPSA) is 60.8 Å². The second-order valence-corrected chi connectivity index (χ2v) is 3.59. The van der Waals surface area contributed by atoms with Gasteiger partial charge >= 0.3 is 0 Å². The van der Waals surface area contributed by atoms with E-state index in [9.17, 15) is 9.90 Å². The second kappa shape index (κ2) is 3.87. The molecule has 0 spiro atoms. The molecule has 0 aromatic heterocycles. The maximum atomic E-state index is 11.3. The van der Waals surface area contributed by atoms with Gasteiger partial charge in [-0.05, 0) is 20.8 Å². The van der Waals surface area contributed by atoms with Crippen molar-refractivity contribution in [2.75, 3.05) is 13.6 Å². The van der Waals surface area contributed by atoms with Gasteiger partial charge in [-0.2, -0.15) is 0 Å². The summed E-state index contributed by atoms with van der Waals surface area (Å²) in [6.07, 6.45) is -0.568. The van der Waals surface area contributed by atoms with Gasteiger partial charge in [0.15, 0.2) is 0 Å². The molecule has 0 bridgehead atoms. The summed E-state index contributed by atoms with van der Waals surface area (Å²) in [5.74, 6) is -0.386. The molecule has 0 aliphatic carbocycles. The fourth-order valence-corrected chi connectivity index (χ4v) is 0.946. The van der Waals surface area contributed by atoms with Crippen molar-refractivity contribution in [3.8, 4) is 0 Å². The van der Waals surface area contributed by atoms with E-state index >= 15 is 0 Å². The third-order valence-corrected chi connectivity index (χ3v) is 1.41. The van der Waals surface area contributed by atoms with E-state index in [4.69, 9.17) is 5.11 Å². The lowest BCUT2D eigenvalue weighted by Crippen LogP contribution is -2.45. The van der Waals surface area contributed by atoms with Gasteiger partial charge in [-0.3, -0.25) is 4.79 Å². The molecule has 1 atom stereocenters. The van der Waals surface area contributed by atoms with Crippen LogP contribution in [0.3, 0.4) is 0 Å². The third-order valence-electron chi connectivity index (χ3n) is 1.41. The highest BCUT2D eigenvalue weighted by molar-refractivity contribution is 5.83. The number of amides is 1. The Morgan fingerprint density at radius 1 is 1.58 bits per heavy atom. The number of carbonyl (C=O) groups is 1. The highest BCUT2D eigenvalue weighted by Crippen LogP contribution is 2.05. The largest absolute Gasteiger partial charge is 0.392 e. The van der Waals surface area contributed by atoms with Crippen molar-refractivity contribution < 1.29 is 15.0 Å². The molecule has 0 fully saturated rings. The molecule has 72 valence electrons. The van der Waals surface area contributed by atoms with Crippen molar-refractivity contribution in [1.82, 2.24) is 4.90 Å². The zero-order valence-corrected chi connectivity index (χ0v) is 8.03. The Hall–Kier alpha value is -0.610. The molecular weight excluding hydrogens is 158 g/mol. The summed E-state index contributed by atoms with van der Waals surface area (Å²) in [6.45, 7) is 4.68. The van der Waals surface area contributed by atoms with E-state index < -0.39 is 11.7 Å². The van der Waals surface area contributed by atoms with Gasteiger partial charge in [0.25, 0.3) is 5.91 Å². The molecule has 0 rings (SSSR count). The maximum Gasteiger partial charge on any atom is 0.253 e. The number of nitrogens with zero attached hydrogens (tertiary/aromatic N) is 1. The summed E-state index contributed by atoms with van der Waals surface area (Å²) in [5, 5.41) is 18.3. The molecule has 0 heterocycles. The van der Waals surface area contributed by atoms with Crippen molar-refractivity contribution in [1.29, 1.82) is 0 Å². The molecule has 1 amide bonds. The Bertz CT molecular complexity index is 160. The van der Waals surface area contributed by atoms with Gasteiger partial charge < -0.3 is 15.1 Å². The van der Waals surface area contributed by atoms with Crippen molar-refractivity contribution in [3.05, 3.63) is 0 Å². The van der Waals surface area contributed by atoms with Gasteiger partial charge in [0.2, 0.25) is 0 Å². The summed E-state index contributed by atoms with van der Waals surface area (Å²) in [4.78, 5) is 12.6. The Labute approximate surface area is 72.8 Å². The van der Waals surface area contributed by atoms with E-state index in [2.05, 4.69) is 0 Å². The first-order valence-corrected chi connectivity index (χ1v) is 3.91. The van der Waals surface area contributed by atoms with E-state index in [0.717, 1.165) is 0 Å². The highest BCUT2D eigenvalue weighted by Gasteiger charge is 2.27. The molecule has 0 radical (unpaired) electrons. The van der Waals surface area contributed by atoms with Gasteiger partial charge in [0.1, 0.15) is 5.60 Å². The standard InChI is InChI=1S/C8H17NO3/c1-6(10)5-9(4)7(11)8(2,3)12/h6,10,12H,5H2,1-4H3. The minimum Gasteiger partial charge on any atom is -0.392 e. The zero-order chi connectivity index (χ0) is 9.94. The minimum absolute atomic E-state index is 0.239. The molecule has 0 aliphatic rings. The quantitative estimate of drug-likeness (QED) is 0.613. The predicted molar refractivity (Wildman–Crippen MR) is 45.6 cm³/mol. The monoisotopic (exact) mass is 175 g/mol. The number of aliphatic hydroxyl groups excluding tert-OH is 1. The van der Waals surface area contributed by atoms with Crippen LogP contribution in [0, 0.1) is 0 Å². The number of aliphatic hydroxyl groups is 2. The molecule has 0 aromatic carbocycles. The highest BCUT2D eigenvalue weighted by atomic mass is 16.3. The van der Waals surface area contributed by atoms with Crippen LogP contribution in [0.1, 0.15) is 20.8 Å². The van der Waals surface area contributed by atoms with E-state index in [1.165, 1.54) is 18.7 Å². The Morgan fingerprint density at radius 2 is 2.00 bits per heavy atom. The molecule has 4 heteroatoms. The Kier molecular flexibility index (Phi) is 3.67. The van der Waals surface area contributed by atoms with E-state index in [-0.39, 0.29) is 12.5 Å². The van der Waals surface area contributed by atoms with Crippen molar-refractivity contribution >= 4 is 5.91 Å². The van der Waals surface area contributed by atoms with Gasteiger partial charge in [-0.15, -0.1) is 0 Å². The lowest BCUT2D eigenvalue weighted by Gasteiger charge is -2.25. The molecule has 4 nitrogen and oxygen atoms in total. The molecule has 1 unspecified atom stereocenters. The van der Waals surface area contributed by atoms with Crippen LogP contribution in [0.15, 0.2) is 0 Å². The summed E-state index contributed by atoms with van der Waals surface area (Å²) in [7, 11) is 1.55. The third kappa shape index (κ3) is 3.69. The van der Waals surface area contributed by atoms with Gasteiger partial charge in [0.05, 0.1) is 6.10 Å². The summed E-state index contributed by atoms with van der Waals surface area (Å²) in [5.41, 5.74) is -1.36. The summed E-state index contributed by atoms with van der Waals surface area (Å²) < 4.78 is 0. The smallest absolute Gasteiger partial charge is 0.253 e. The van der Waals surface area contributed by atoms with Crippen LogP contribution in [-0.2, 0) is 4.79 Å². The molecule has 12 heavy (non-hydrogen) atoms. The van der Waals surface area contributed by atoms with Crippen LogP contribution in [0.4, 0.5) is 0 Å². The predicted octanol–water partition coefficient (Wildman–Crippen LogP) is -0.403. The number of hydrogen-bond acceptors (Lipinski definition) is 3. The second-order valence-electron chi connectivity index (χ2n) is 3.59. The molecule has 0 aromatic rings. The minimum atomic E-state index is -1.36. The normalized spacial score (nSPS) is 14.2. The molecular formula is C8H17NO3. The lowest BCUT2D eigenvalue weighted by atomic mass is 10.1. The Balaban J connectivity index is 4.12. The van der Waals surface area contributed by atoms with Gasteiger partial charge in [-0.1, -0.05) is 0 Å². The van der Waals surface area contributed by atoms with Gasteiger partial charge in [0, 0.05) is 13.6 Å². The number of likely N-dealkylation sites (N-methyl/N-ethyl adjacent to an activating group) is 1. The molecule has 0 saturated heterocycles. The average Bonchev–Trinajstić information content (AvgIpc) is 1.82. The van der Waals surface area contributed by atoms with Crippen LogP contribution in [-0.4, -0.2) is 46.3 Å². The number of carbonyl (C=O) groups excluding carboxylic acids is 1. The maximum absolute atomic E-state index is 11.3. The summed E-state index contributed by atoms with van der Waals surface area (Å²) >= 11 is 0. The van der Waals surface area contributed by atoms with E-state index in [0.29, 0.717) is 0 Å². The first kappa shape index (κ1) is 11.4. The van der Waals surface area contributed by atoms with Crippen LogP contribution >= 0.6 is 0 Å². The van der Waals surface area contributed by atoms with Gasteiger partial charge in [-0.25, -0.2) is 0 Å². The molecule has 2 N–H and O–H groups in total. The number of hydrogen-bond donors (Lipinski definition) is 2. The Morgan fingerprint density at radius 3 is 2.25 bits per heavy atom. The van der Waals surface area contributed by atoms with Crippen LogP contribution in [0.5, 0.6) is 0 Å². The van der Waals surface area contributed by atoms with Crippen LogP contribution in [0.2, 0.25) is 0 Å². The van der Waals surface area contributed by atoms with Crippen molar-refractivity contribution in [2.45, 2.75) is 32.5 Å². The average molecular weight is 175 g/mol. The number of rotatable bonds is 3. The molecule has 0 aliphatic heterocycles. The molecule has 0 saturated carbocycles. The van der Waals surface area contributed by atoms with Crippen LogP contribution < -0.4 is 0 Å². The van der Waals surface area contributed by atoms with Crippen molar-refractivity contribution in [2.24, 2.45) is 0 Å².